The van der Waals surface area contributed by atoms with Crippen molar-refractivity contribution in [1.29, 1.82) is 0 Å². The van der Waals surface area contributed by atoms with Crippen LogP contribution in [0.4, 0.5) is 11.4 Å². The van der Waals surface area contributed by atoms with E-state index in [4.69, 9.17) is 0 Å². The predicted octanol–water partition coefficient (Wildman–Crippen LogP) is 3.67. The Kier molecular flexibility index (Phi) is 4.82. The van der Waals surface area contributed by atoms with Crippen LogP contribution in [0.2, 0.25) is 0 Å². The fraction of sp³-hybridized carbons (Fsp3) is 0.125. The third kappa shape index (κ3) is 3.65. The van der Waals surface area contributed by atoms with Gasteiger partial charge < -0.3 is 15.7 Å². The summed E-state index contributed by atoms with van der Waals surface area (Å²) >= 11 is 3.26. The molecule has 0 heterocycles. The molecule has 0 saturated carbocycles. The molecule has 0 radical (unpaired) electrons. The highest BCUT2D eigenvalue weighted by Gasteiger charge is 2.14. The smallest absolute Gasteiger partial charge is 0.259 e. The minimum absolute atomic E-state index is 0.101. The SMILES string of the molecule is CC(=O)Nc1cccc(NC(=O)c2cc(Br)ccc2O)c1C. The number of hydrogen-bond donors (Lipinski definition) is 3. The molecule has 0 saturated heterocycles. The number of halogens is 1. The highest BCUT2D eigenvalue weighted by atomic mass is 79.9. The summed E-state index contributed by atoms with van der Waals surface area (Å²) in [5.41, 5.74) is 2.10. The number of nitrogens with one attached hydrogen (secondary N) is 2. The molecule has 2 amide bonds. The van der Waals surface area contributed by atoms with Crippen molar-refractivity contribution in [2.45, 2.75) is 13.8 Å². The molecule has 2 aromatic rings. The minimum Gasteiger partial charge on any atom is -0.507 e. The van der Waals surface area contributed by atoms with Gasteiger partial charge in [0.15, 0.2) is 0 Å². The Bertz CT molecular complexity index is 744. The number of amides is 2. The summed E-state index contributed by atoms with van der Waals surface area (Å²) < 4.78 is 0.694. The van der Waals surface area contributed by atoms with Crippen molar-refractivity contribution in [3.63, 3.8) is 0 Å². The third-order valence-electron chi connectivity index (χ3n) is 3.10. The average Bonchev–Trinajstić information content (AvgIpc) is 2.45. The van der Waals surface area contributed by atoms with Crippen molar-refractivity contribution in [3.05, 3.63) is 52.0 Å². The molecule has 0 fully saturated rings. The summed E-state index contributed by atoms with van der Waals surface area (Å²) in [5, 5.41) is 15.2. The number of rotatable bonds is 3. The zero-order valence-corrected chi connectivity index (χ0v) is 13.7. The number of carbonyl (C=O) groups is 2. The molecule has 6 heteroatoms. The lowest BCUT2D eigenvalue weighted by Gasteiger charge is -2.13. The molecular weight excluding hydrogens is 348 g/mol. The first-order chi connectivity index (χ1) is 10.4. The number of phenols is 1. The normalized spacial score (nSPS) is 10.1. The first kappa shape index (κ1) is 16.0. The van der Waals surface area contributed by atoms with Gasteiger partial charge in [-0.3, -0.25) is 9.59 Å². The number of phenolic OH excluding ortho intramolecular Hbond substituents is 1. The van der Waals surface area contributed by atoms with E-state index in [1.165, 1.54) is 19.1 Å². The van der Waals surface area contributed by atoms with Crippen molar-refractivity contribution in [2.24, 2.45) is 0 Å². The number of benzene rings is 2. The lowest BCUT2D eigenvalue weighted by Crippen LogP contribution is -2.14. The van der Waals surface area contributed by atoms with Crippen molar-refractivity contribution in [1.82, 2.24) is 0 Å². The van der Waals surface area contributed by atoms with Crippen molar-refractivity contribution >= 4 is 39.1 Å². The summed E-state index contributed by atoms with van der Waals surface area (Å²) in [4.78, 5) is 23.5. The predicted molar refractivity (Wildman–Crippen MR) is 89.2 cm³/mol. The maximum absolute atomic E-state index is 12.3. The summed E-state index contributed by atoms with van der Waals surface area (Å²) in [6.45, 7) is 3.21. The Labute approximate surface area is 136 Å². The van der Waals surface area contributed by atoms with Crippen molar-refractivity contribution in [2.75, 3.05) is 10.6 Å². The zero-order chi connectivity index (χ0) is 16.3. The number of hydrogen-bond acceptors (Lipinski definition) is 3. The van der Waals surface area contributed by atoms with Crippen LogP contribution in [-0.2, 0) is 4.79 Å². The van der Waals surface area contributed by atoms with Gasteiger partial charge in [0.2, 0.25) is 5.91 Å². The van der Waals surface area contributed by atoms with Gasteiger partial charge >= 0.3 is 0 Å². The standard InChI is InChI=1S/C16H15BrN2O3/c1-9-13(18-10(2)20)4-3-5-14(9)19-16(22)12-8-11(17)6-7-15(12)21/h3-8,21H,1-2H3,(H,18,20)(H,19,22). The molecule has 0 aromatic heterocycles. The molecule has 2 aromatic carbocycles. The first-order valence-electron chi connectivity index (χ1n) is 6.55. The van der Waals surface area contributed by atoms with Gasteiger partial charge in [-0.15, -0.1) is 0 Å². The molecule has 114 valence electrons. The maximum Gasteiger partial charge on any atom is 0.259 e. The molecule has 0 aliphatic heterocycles. The van der Waals surface area contributed by atoms with Crippen LogP contribution in [0.5, 0.6) is 5.75 Å². The Morgan fingerprint density at radius 1 is 1.09 bits per heavy atom. The summed E-state index contributed by atoms with van der Waals surface area (Å²) in [5.74, 6) is -0.713. The lowest BCUT2D eigenvalue weighted by molar-refractivity contribution is -0.114. The van der Waals surface area contributed by atoms with Gasteiger partial charge in [0.05, 0.1) is 5.56 Å². The van der Waals surface area contributed by atoms with Crippen LogP contribution in [-0.4, -0.2) is 16.9 Å². The van der Waals surface area contributed by atoms with E-state index < -0.39 is 5.91 Å². The Hall–Kier alpha value is -2.34. The number of anilines is 2. The fourth-order valence-corrected chi connectivity index (χ4v) is 2.34. The molecule has 0 aliphatic rings. The average molecular weight is 363 g/mol. The van der Waals surface area contributed by atoms with E-state index in [0.717, 1.165) is 5.56 Å². The molecular formula is C16H15BrN2O3. The lowest BCUT2D eigenvalue weighted by atomic mass is 10.1. The van der Waals surface area contributed by atoms with E-state index in [1.807, 2.05) is 0 Å². The highest BCUT2D eigenvalue weighted by Crippen LogP contribution is 2.26. The van der Waals surface area contributed by atoms with Crippen LogP contribution >= 0.6 is 15.9 Å². The van der Waals surface area contributed by atoms with Gasteiger partial charge in [-0.2, -0.15) is 0 Å². The minimum atomic E-state index is -0.429. The van der Waals surface area contributed by atoms with Gasteiger partial charge in [0, 0.05) is 22.8 Å². The third-order valence-corrected chi connectivity index (χ3v) is 3.59. The number of aromatic hydroxyl groups is 1. The Morgan fingerprint density at radius 2 is 1.73 bits per heavy atom. The topological polar surface area (TPSA) is 78.4 Å². The quantitative estimate of drug-likeness (QED) is 0.779. The van der Waals surface area contributed by atoms with Crippen LogP contribution < -0.4 is 10.6 Å². The maximum atomic E-state index is 12.3. The molecule has 0 bridgehead atoms. The van der Waals surface area contributed by atoms with Gasteiger partial charge in [-0.25, -0.2) is 0 Å². The molecule has 2 rings (SSSR count). The van der Waals surface area contributed by atoms with E-state index >= 15 is 0 Å². The van der Waals surface area contributed by atoms with Crippen LogP contribution in [0.1, 0.15) is 22.8 Å². The van der Waals surface area contributed by atoms with E-state index in [1.54, 1.807) is 31.2 Å². The van der Waals surface area contributed by atoms with E-state index in [0.29, 0.717) is 15.8 Å². The van der Waals surface area contributed by atoms with Crippen molar-refractivity contribution < 1.29 is 14.7 Å². The van der Waals surface area contributed by atoms with Crippen LogP contribution in [0, 0.1) is 6.92 Å². The first-order valence-corrected chi connectivity index (χ1v) is 7.35. The molecule has 22 heavy (non-hydrogen) atoms. The molecule has 0 aliphatic carbocycles. The Morgan fingerprint density at radius 3 is 2.36 bits per heavy atom. The van der Waals surface area contributed by atoms with Gasteiger partial charge in [0.1, 0.15) is 5.75 Å². The molecule has 0 atom stereocenters. The zero-order valence-electron chi connectivity index (χ0n) is 12.1. The summed E-state index contributed by atoms with van der Waals surface area (Å²) in [7, 11) is 0. The van der Waals surface area contributed by atoms with Crippen molar-refractivity contribution in [3.8, 4) is 5.75 Å². The summed E-state index contributed by atoms with van der Waals surface area (Å²) in [6.07, 6.45) is 0. The van der Waals surface area contributed by atoms with Crippen LogP contribution in [0.25, 0.3) is 0 Å². The van der Waals surface area contributed by atoms with Gasteiger partial charge in [-0.1, -0.05) is 22.0 Å². The Balaban J connectivity index is 2.29. The monoisotopic (exact) mass is 362 g/mol. The van der Waals surface area contributed by atoms with Gasteiger partial charge in [-0.05, 0) is 42.8 Å². The van der Waals surface area contributed by atoms with Crippen LogP contribution in [0.3, 0.4) is 0 Å². The second kappa shape index (κ2) is 6.62. The highest BCUT2D eigenvalue weighted by molar-refractivity contribution is 9.10. The van der Waals surface area contributed by atoms with E-state index in [-0.39, 0.29) is 17.2 Å². The second-order valence-corrected chi connectivity index (χ2v) is 5.69. The molecule has 0 spiro atoms. The van der Waals surface area contributed by atoms with E-state index in [9.17, 15) is 14.7 Å². The number of carbonyl (C=O) groups excluding carboxylic acids is 2. The van der Waals surface area contributed by atoms with E-state index in [2.05, 4.69) is 26.6 Å². The largest absolute Gasteiger partial charge is 0.507 e. The fourth-order valence-electron chi connectivity index (χ4n) is 1.98. The molecule has 3 N–H and O–H groups in total. The molecule has 0 unspecified atom stereocenters. The molecule has 5 nitrogen and oxygen atoms in total. The van der Waals surface area contributed by atoms with Gasteiger partial charge in [0.25, 0.3) is 5.91 Å². The summed E-state index contributed by atoms with van der Waals surface area (Å²) in [6, 6.07) is 9.84. The second-order valence-electron chi connectivity index (χ2n) is 4.77. The van der Waals surface area contributed by atoms with Crippen LogP contribution in [0.15, 0.2) is 40.9 Å².